The minimum absolute atomic E-state index is 0.0426. The lowest BCUT2D eigenvalue weighted by molar-refractivity contribution is -0.870. The van der Waals surface area contributed by atoms with E-state index < -0.39 is 32.5 Å². The highest BCUT2D eigenvalue weighted by Gasteiger charge is 2.22. The third-order valence-corrected chi connectivity index (χ3v) is 17.5. The summed E-state index contributed by atoms with van der Waals surface area (Å²) in [5, 5.41) is 0. The quantitative estimate of drug-likeness (QED) is 0.0195. The summed E-state index contributed by atoms with van der Waals surface area (Å²) >= 11 is 0. The average molecular weight is 1430 g/mol. The normalized spacial score (nSPS) is 14.2. The Bertz CT molecular complexity index is 2530. The Hall–Kier alpha value is -5.67. The summed E-state index contributed by atoms with van der Waals surface area (Å²) in [7, 11) is 1.14. The van der Waals surface area contributed by atoms with Gasteiger partial charge in [0.2, 0.25) is 0 Å². The van der Waals surface area contributed by atoms with Crippen LogP contribution in [0.1, 0.15) is 296 Å². The van der Waals surface area contributed by atoms with Gasteiger partial charge in [-0.1, -0.05) is 348 Å². The van der Waals surface area contributed by atoms with Crippen LogP contribution in [0.15, 0.2) is 219 Å². The number of likely N-dealkylation sites (N-methyl/N-ethyl adjacent to an activating group) is 1. The zero-order valence-corrected chi connectivity index (χ0v) is 66.4. The standard InChI is InChI=1S/C92H148NO8P/c1-6-8-10-12-14-16-18-20-22-24-26-28-30-32-34-36-38-40-42-44-46-48-50-52-54-56-58-60-62-64-66-68-70-72-74-76-78-80-82-84-91(94)98-88-90(89-100-102(96,97)99-87-86-93(3,4)5)101-92(95)85-83-81-79-77-75-73-71-69-67-65-63-61-59-57-55-53-51-49-47-45-43-41-39-37-35-33-31-29-27-25-23-21-19-17-15-13-11-9-7-2/h8-11,14-17,20-23,26-29,32-35,38-41,44-47,50-53,57,59,63,65,90H,6-7,12-13,18-19,24-25,30-31,36-37,42-43,48-49,54-56,58,60-62,64,66-89H2,1-5H3/b10-8-,11-9-,16-14-,17-15-,22-20-,23-21-,28-26-,29-27-,34-32-,35-33-,40-38-,41-39-,46-44-,47-45-,52-50-,53-51-,59-57-,65-63-. The SMILES string of the molecule is CC/C=C\C/C=C\C/C=C\C/C=C\C/C=C\C/C=C\C/C=C\C/C=C\C/C=C\C/C=C\CCCCCCCCCCC(=O)OC(COC(=O)CCCCCCCCCCCCCCCC/C=C\C/C=C\C/C=C\C/C=C\C/C=C\C/C=C\C/C=C\C/C=C\CC)COP(=O)([O-])OCC[N+](C)(C)C. The molecule has 0 aromatic heterocycles. The van der Waals surface area contributed by atoms with Crippen molar-refractivity contribution in [3.05, 3.63) is 219 Å². The third-order valence-electron chi connectivity index (χ3n) is 16.5. The van der Waals surface area contributed by atoms with Gasteiger partial charge in [0, 0.05) is 12.8 Å². The molecule has 102 heavy (non-hydrogen) atoms. The number of phosphoric ester groups is 1. The molecule has 9 nitrogen and oxygen atoms in total. The van der Waals surface area contributed by atoms with Crippen molar-refractivity contribution < 1.29 is 42.1 Å². The maximum absolute atomic E-state index is 12.9. The summed E-state index contributed by atoms with van der Waals surface area (Å²) in [6, 6.07) is 0. The zero-order chi connectivity index (χ0) is 74.0. The number of carbonyl (C=O) groups is 2. The smallest absolute Gasteiger partial charge is 0.306 e. The van der Waals surface area contributed by atoms with Crippen molar-refractivity contribution in [3.63, 3.8) is 0 Å². The molecule has 0 saturated carbocycles. The summed E-state index contributed by atoms with van der Waals surface area (Å²) < 4.78 is 34.4. The van der Waals surface area contributed by atoms with Gasteiger partial charge in [-0.15, -0.1) is 0 Å². The molecule has 0 fully saturated rings. The zero-order valence-electron chi connectivity index (χ0n) is 65.5. The van der Waals surface area contributed by atoms with E-state index >= 15 is 0 Å². The molecule has 0 rings (SSSR count). The molecule has 0 aliphatic heterocycles. The van der Waals surface area contributed by atoms with Crippen LogP contribution in [0.25, 0.3) is 0 Å². The minimum atomic E-state index is -4.66. The lowest BCUT2D eigenvalue weighted by Gasteiger charge is -2.28. The Morgan fingerprint density at radius 3 is 0.784 bits per heavy atom. The molecule has 0 aromatic rings. The van der Waals surface area contributed by atoms with Crippen LogP contribution in [0.3, 0.4) is 0 Å². The van der Waals surface area contributed by atoms with E-state index in [4.69, 9.17) is 18.5 Å². The first-order valence-electron chi connectivity index (χ1n) is 40.4. The lowest BCUT2D eigenvalue weighted by atomic mass is 10.0. The molecular formula is C92H148NO8P. The number of quaternary nitrogens is 1. The number of phosphoric acid groups is 1. The Labute approximate surface area is 627 Å². The fourth-order valence-corrected chi connectivity index (χ4v) is 11.1. The summed E-state index contributed by atoms with van der Waals surface area (Å²) in [6.45, 7) is 3.99. The van der Waals surface area contributed by atoms with Gasteiger partial charge in [-0.2, -0.15) is 0 Å². The number of esters is 2. The van der Waals surface area contributed by atoms with Crippen molar-refractivity contribution >= 4 is 19.8 Å². The molecular weight excluding hydrogens is 1280 g/mol. The number of nitrogens with zero attached hydrogens (tertiary/aromatic N) is 1. The molecule has 0 aliphatic carbocycles. The number of hydrogen-bond acceptors (Lipinski definition) is 8. The fourth-order valence-electron chi connectivity index (χ4n) is 10.4. The van der Waals surface area contributed by atoms with Gasteiger partial charge in [0.1, 0.15) is 19.8 Å². The second kappa shape index (κ2) is 79.4. The number of allylic oxidation sites excluding steroid dienone is 36. The predicted octanol–water partition coefficient (Wildman–Crippen LogP) is 26.9. The van der Waals surface area contributed by atoms with Crippen LogP contribution < -0.4 is 4.89 Å². The summed E-state index contributed by atoms with van der Waals surface area (Å²) in [5.74, 6) is -0.852. The Kier molecular flexibility index (Phi) is 75.0. The fraction of sp³-hybridized carbons (Fsp3) is 0.587. The lowest BCUT2D eigenvalue weighted by Crippen LogP contribution is -2.37. The molecule has 0 bridgehead atoms. The van der Waals surface area contributed by atoms with Crippen LogP contribution in [0, 0.1) is 0 Å². The van der Waals surface area contributed by atoms with Crippen molar-refractivity contribution in [2.75, 3.05) is 47.5 Å². The summed E-state index contributed by atoms with van der Waals surface area (Å²) in [5.41, 5.74) is 0. The monoisotopic (exact) mass is 1430 g/mol. The largest absolute Gasteiger partial charge is 0.756 e. The van der Waals surface area contributed by atoms with Gasteiger partial charge >= 0.3 is 11.9 Å². The molecule has 10 heteroatoms. The third kappa shape index (κ3) is 83.3. The molecule has 0 aromatic carbocycles. The first-order valence-corrected chi connectivity index (χ1v) is 41.9. The van der Waals surface area contributed by atoms with Gasteiger partial charge in [0.15, 0.2) is 6.10 Å². The van der Waals surface area contributed by atoms with E-state index in [2.05, 4.69) is 233 Å². The second-order valence-corrected chi connectivity index (χ2v) is 28.7. The average Bonchev–Trinajstić information content (AvgIpc) is 0.914. The van der Waals surface area contributed by atoms with Gasteiger partial charge < -0.3 is 27.9 Å². The van der Waals surface area contributed by atoms with E-state index in [1.165, 1.54) is 96.3 Å². The highest BCUT2D eigenvalue weighted by atomic mass is 31.2. The molecule has 0 amide bonds. The van der Waals surface area contributed by atoms with Crippen molar-refractivity contribution in [3.8, 4) is 0 Å². The number of carbonyl (C=O) groups excluding carboxylic acids is 2. The molecule has 2 atom stereocenters. The second-order valence-electron chi connectivity index (χ2n) is 27.3. The molecule has 2 unspecified atom stereocenters. The Morgan fingerprint density at radius 1 is 0.304 bits per heavy atom. The summed E-state index contributed by atoms with van der Waals surface area (Å²) in [4.78, 5) is 38.2. The van der Waals surface area contributed by atoms with Crippen LogP contribution in [0.5, 0.6) is 0 Å². The number of hydrogen-bond donors (Lipinski definition) is 0. The van der Waals surface area contributed by atoms with Gasteiger partial charge in [0.25, 0.3) is 7.82 Å². The van der Waals surface area contributed by atoms with Crippen molar-refractivity contribution in [2.24, 2.45) is 0 Å². The Balaban J connectivity index is 4.08. The summed E-state index contributed by atoms with van der Waals surface area (Å²) in [6.07, 6.45) is 126. The van der Waals surface area contributed by atoms with E-state index in [1.807, 2.05) is 21.1 Å². The molecule has 0 aliphatic rings. The van der Waals surface area contributed by atoms with Crippen LogP contribution in [-0.2, 0) is 32.7 Å². The molecule has 0 saturated heterocycles. The molecule has 0 heterocycles. The minimum Gasteiger partial charge on any atom is -0.756 e. The van der Waals surface area contributed by atoms with E-state index in [-0.39, 0.29) is 26.1 Å². The topological polar surface area (TPSA) is 111 Å². The highest BCUT2D eigenvalue weighted by Crippen LogP contribution is 2.38. The van der Waals surface area contributed by atoms with Crippen LogP contribution in [-0.4, -0.2) is 70.0 Å². The van der Waals surface area contributed by atoms with Crippen LogP contribution in [0.4, 0.5) is 0 Å². The molecule has 0 radical (unpaired) electrons. The number of ether oxygens (including phenoxy) is 2. The predicted molar refractivity (Wildman–Crippen MR) is 442 cm³/mol. The van der Waals surface area contributed by atoms with E-state index in [0.717, 1.165) is 167 Å². The van der Waals surface area contributed by atoms with Crippen molar-refractivity contribution in [1.82, 2.24) is 0 Å². The maximum Gasteiger partial charge on any atom is 0.306 e. The molecule has 574 valence electrons. The van der Waals surface area contributed by atoms with Gasteiger partial charge in [-0.05, 0) is 154 Å². The van der Waals surface area contributed by atoms with E-state index in [9.17, 15) is 19.0 Å². The maximum atomic E-state index is 12.9. The highest BCUT2D eigenvalue weighted by molar-refractivity contribution is 7.45. The number of rotatable bonds is 72. The van der Waals surface area contributed by atoms with Crippen LogP contribution >= 0.6 is 7.82 Å². The van der Waals surface area contributed by atoms with Crippen molar-refractivity contribution in [2.45, 2.75) is 302 Å². The number of unbranched alkanes of at least 4 members (excludes halogenated alkanes) is 22. The first kappa shape index (κ1) is 96.3. The Morgan fingerprint density at radius 2 is 0.529 bits per heavy atom. The van der Waals surface area contributed by atoms with Gasteiger partial charge in [0.05, 0.1) is 27.7 Å². The molecule has 0 spiro atoms. The van der Waals surface area contributed by atoms with Crippen LogP contribution in [0.2, 0.25) is 0 Å². The van der Waals surface area contributed by atoms with E-state index in [1.54, 1.807) is 0 Å². The molecule has 0 N–H and O–H groups in total. The van der Waals surface area contributed by atoms with Crippen molar-refractivity contribution in [1.29, 1.82) is 0 Å². The van der Waals surface area contributed by atoms with Gasteiger partial charge in [-0.3, -0.25) is 14.2 Å². The van der Waals surface area contributed by atoms with E-state index in [0.29, 0.717) is 17.4 Å². The van der Waals surface area contributed by atoms with Gasteiger partial charge in [-0.25, -0.2) is 0 Å². The first-order chi connectivity index (χ1) is 50.0.